The normalized spacial score (nSPS) is 17.7. The highest BCUT2D eigenvalue weighted by Crippen LogP contribution is 2.29. The molecule has 2 saturated heterocycles. The highest BCUT2D eigenvalue weighted by molar-refractivity contribution is 5.86. The fourth-order valence-corrected chi connectivity index (χ4v) is 5.46. The Morgan fingerprint density at radius 2 is 1.76 bits per heavy atom. The third kappa shape index (κ3) is 4.58. The molecular formula is C27H37N9O. The van der Waals surface area contributed by atoms with Gasteiger partial charge in [-0.2, -0.15) is 9.97 Å². The predicted molar refractivity (Wildman–Crippen MR) is 145 cm³/mol. The molecule has 0 bridgehead atoms. The van der Waals surface area contributed by atoms with Crippen LogP contribution in [0.15, 0.2) is 24.3 Å². The van der Waals surface area contributed by atoms with Crippen molar-refractivity contribution in [3.63, 3.8) is 0 Å². The topological polar surface area (TPSA) is 89.2 Å². The van der Waals surface area contributed by atoms with Gasteiger partial charge in [-0.1, -0.05) is 19.1 Å². The van der Waals surface area contributed by atoms with Gasteiger partial charge in [0.2, 0.25) is 5.95 Å². The molecule has 0 radical (unpaired) electrons. The number of imidazole rings is 2. The summed E-state index contributed by atoms with van der Waals surface area (Å²) in [4.78, 5) is 24.9. The van der Waals surface area contributed by atoms with Crippen LogP contribution in [-0.4, -0.2) is 84.9 Å². The van der Waals surface area contributed by atoms with Gasteiger partial charge in [0.1, 0.15) is 11.6 Å². The van der Waals surface area contributed by atoms with Crippen molar-refractivity contribution in [3.8, 4) is 5.95 Å². The maximum Gasteiger partial charge on any atom is 0.239 e. The first-order valence-electron chi connectivity index (χ1n) is 13.3. The molecule has 37 heavy (non-hydrogen) atoms. The number of hydrogen-bond donors (Lipinski definition) is 1. The summed E-state index contributed by atoms with van der Waals surface area (Å²) >= 11 is 0. The van der Waals surface area contributed by atoms with Gasteiger partial charge in [-0.25, -0.2) is 9.97 Å². The first-order valence-corrected chi connectivity index (χ1v) is 13.3. The van der Waals surface area contributed by atoms with Crippen LogP contribution in [0.3, 0.4) is 0 Å². The Kier molecular flexibility index (Phi) is 6.13. The molecule has 3 aromatic heterocycles. The third-order valence-electron chi connectivity index (χ3n) is 7.20. The Morgan fingerprint density at radius 3 is 2.49 bits per heavy atom. The first-order chi connectivity index (χ1) is 17.8. The van der Waals surface area contributed by atoms with E-state index in [9.17, 15) is 0 Å². The summed E-state index contributed by atoms with van der Waals surface area (Å²) in [5, 5.41) is 3.69. The van der Waals surface area contributed by atoms with E-state index >= 15 is 0 Å². The number of likely N-dealkylation sites (tertiary alicyclic amines) is 1. The number of aryl methyl sites for hydroxylation is 2. The van der Waals surface area contributed by atoms with Crippen molar-refractivity contribution in [1.82, 2.24) is 39.3 Å². The van der Waals surface area contributed by atoms with E-state index in [-0.39, 0.29) is 5.54 Å². The van der Waals surface area contributed by atoms with Gasteiger partial charge in [0, 0.05) is 51.2 Å². The van der Waals surface area contributed by atoms with Crippen LogP contribution >= 0.6 is 0 Å². The van der Waals surface area contributed by atoms with E-state index < -0.39 is 0 Å². The van der Waals surface area contributed by atoms with Crippen LogP contribution in [0, 0.1) is 0 Å². The molecule has 0 unspecified atom stereocenters. The minimum Gasteiger partial charge on any atom is -0.378 e. The predicted octanol–water partition coefficient (Wildman–Crippen LogP) is 2.67. The molecule has 2 fully saturated rings. The molecule has 0 aliphatic carbocycles. The van der Waals surface area contributed by atoms with Gasteiger partial charge in [-0.15, -0.1) is 0 Å². The third-order valence-corrected chi connectivity index (χ3v) is 7.20. The quantitative estimate of drug-likeness (QED) is 0.430. The Hall–Kier alpha value is -3.08. The lowest BCUT2D eigenvalue weighted by atomic mass is 10.0. The van der Waals surface area contributed by atoms with E-state index in [1.54, 1.807) is 0 Å². The Labute approximate surface area is 217 Å². The molecule has 4 aromatic rings. The summed E-state index contributed by atoms with van der Waals surface area (Å²) in [5.74, 6) is 3.48. The molecule has 10 nitrogen and oxygen atoms in total. The summed E-state index contributed by atoms with van der Waals surface area (Å²) in [6.07, 6.45) is 0.790. The first kappa shape index (κ1) is 24.3. The van der Waals surface area contributed by atoms with Crippen molar-refractivity contribution in [2.75, 3.05) is 44.3 Å². The molecule has 2 aliphatic rings. The van der Waals surface area contributed by atoms with E-state index in [0.29, 0.717) is 25.2 Å². The summed E-state index contributed by atoms with van der Waals surface area (Å²) in [7, 11) is 2.07. The van der Waals surface area contributed by atoms with Gasteiger partial charge in [0.15, 0.2) is 17.0 Å². The van der Waals surface area contributed by atoms with Crippen LogP contribution in [0.4, 0.5) is 5.82 Å². The lowest BCUT2D eigenvalue weighted by Crippen LogP contribution is -2.61. The molecule has 1 aromatic carbocycles. The number of morpholine rings is 1. The van der Waals surface area contributed by atoms with E-state index in [1.165, 1.54) is 0 Å². The Bertz CT molecular complexity index is 1420. The molecule has 0 spiro atoms. The maximum absolute atomic E-state index is 5.64. The SMILES string of the molecule is CCc1nc2ccccc2n1-c1nc(N2CCOCC2)c2nc(CN3CC(NC(C)(C)C)C3)n(C)c2n1. The highest BCUT2D eigenvalue weighted by Gasteiger charge is 2.31. The van der Waals surface area contributed by atoms with Crippen LogP contribution in [0.25, 0.3) is 28.1 Å². The molecule has 0 atom stereocenters. The number of nitrogens with one attached hydrogen (secondary N) is 1. The van der Waals surface area contributed by atoms with Crippen molar-refractivity contribution in [1.29, 1.82) is 0 Å². The van der Waals surface area contributed by atoms with E-state index in [2.05, 4.69) is 65.1 Å². The van der Waals surface area contributed by atoms with Crippen molar-refractivity contribution in [2.45, 2.75) is 52.2 Å². The van der Waals surface area contributed by atoms with E-state index in [4.69, 9.17) is 24.7 Å². The summed E-state index contributed by atoms with van der Waals surface area (Å²) in [6.45, 7) is 14.6. The average Bonchev–Trinajstić information content (AvgIpc) is 3.39. The monoisotopic (exact) mass is 503 g/mol. The Morgan fingerprint density at radius 1 is 1.00 bits per heavy atom. The summed E-state index contributed by atoms with van der Waals surface area (Å²) < 4.78 is 9.88. The van der Waals surface area contributed by atoms with E-state index in [1.807, 2.05) is 18.2 Å². The van der Waals surface area contributed by atoms with Crippen molar-refractivity contribution >= 4 is 28.0 Å². The van der Waals surface area contributed by atoms with Crippen LogP contribution in [-0.2, 0) is 24.8 Å². The van der Waals surface area contributed by atoms with Gasteiger partial charge in [-0.3, -0.25) is 9.47 Å². The summed E-state index contributed by atoms with van der Waals surface area (Å²) in [6, 6.07) is 8.71. The van der Waals surface area contributed by atoms with Crippen molar-refractivity contribution < 1.29 is 4.74 Å². The average molecular weight is 504 g/mol. The number of rotatable bonds is 6. The number of anilines is 1. The zero-order chi connectivity index (χ0) is 25.7. The minimum absolute atomic E-state index is 0.128. The standard InChI is InChI=1S/C27H37N9O/c1-6-21-28-19-9-7-8-10-20(19)36(21)26-30-24-23(25(31-26)35-11-13-37-14-12-35)29-22(33(24)5)17-34-15-18(16-34)32-27(2,3)4/h7-10,18,32H,6,11-17H2,1-5H3. The number of aromatic nitrogens is 6. The molecule has 6 rings (SSSR count). The molecule has 0 amide bonds. The zero-order valence-corrected chi connectivity index (χ0v) is 22.5. The molecule has 196 valence electrons. The van der Waals surface area contributed by atoms with Crippen molar-refractivity contribution in [2.24, 2.45) is 7.05 Å². The molecule has 10 heteroatoms. The molecule has 1 N–H and O–H groups in total. The second kappa shape index (κ2) is 9.34. The van der Waals surface area contributed by atoms with Gasteiger partial charge in [0.05, 0.1) is 30.8 Å². The number of para-hydroxylation sites is 2. The largest absolute Gasteiger partial charge is 0.378 e. The maximum atomic E-state index is 5.64. The second-order valence-corrected chi connectivity index (χ2v) is 11.2. The highest BCUT2D eigenvalue weighted by atomic mass is 16.5. The summed E-state index contributed by atoms with van der Waals surface area (Å²) in [5.41, 5.74) is 3.81. The molecule has 5 heterocycles. The van der Waals surface area contributed by atoms with Crippen LogP contribution in [0.2, 0.25) is 0 Å². The van der Waals surface area contributed by atoms with Crippen LogP contribution in [0.1, 0.15) is 39.3 Å². The lowest BCUT2D eigenvalue weighted by Gasteiger charge is -2.42. The molecule has 2 aliphatic heterocycles. The molecule has 0 saturated carbocycles. The second-order valence-electron chi connectivity index (χ2n) is 11.2. The number of fused-ring (bicyclic) bond motifs is 2. The number of hydrogen-bond acceptors (Lipinski definition) is 8. The number of benzene rings is 1. The van der Waals surface area contributed by atoms with Gasteiger partial charge in [0.25, 0.3) is 0 Å². The van der Waals surface area contributed by atoms with Gasteiger partial charge >= 0.3 is 0 Å². The molecular weight excluding hydrogens is 466 g/mol. The van der Waals surface area contributed by atoms with Crippen LogP contribution < -0.4 is 10.2 Å². The minimum atomic E-state index is 0.128. The Balaban J connectivity index is 1.41. The van der Waals surface area contributed by atoms with E-state index in [0.717, 1.165) is 78.8 Å². The smallest absolute Gasteiger partial charge is 0.239 e. The van der Waals surface area contributed by atoms with Crippen molar-refractivity contribution in [3.05, 3.63) is 35.9 Å². The number of ether oxygens (including phenoxy) is 1. The van der Waals surface area contributed by atoms with Gasteiger partial charge in [-0.05, 0) is 32.9 Å². The zero-order valence-electron chi connectivity index (χ0n) is 22.5. The lowest BCUT2D eigenvalue weighted by molar-refractivity contribution is 0.0970. The van der Waals surface area contributed by atoms with Crippen LogP contribution in [0.5, 0.6) is 0 Å². The van der Waals surface area contributed by atoms with Gasteiger partial charge < -0.3 is 19.5 Å². The number of nitrogens with zero attached hydrogens (tertiary/aromatic N) is 8. The fraction of sp³-hybridized carbons (Fsp3) is 0.556. The fourth-order valence-electron chi connectivity index (χ4n) is 5.46.